The molecule has 0 saturated carbocycles. The second-order valence-electron chi connectivity index (χ2n) is 4.95. The third-order valence-electron chi connectivity index (χ3n) is 2.88. The second-order valence-corrected chi connectivity index (χ2v) is 4.95. The number of para-hydroxylation sites is 1. The average molecular weight is 275 g/mol. The van der Waals surface area contributed by atoms with Crippen LogP contribution in [0, 0.1) is 6.92 Å². The number of nitrogens with zero attached hydrogens (tertiary/aromatic N) is 1. The minimum Gasteiger partial charge on any atom is -0.488 e. The van der Waals surface area contributed by atoms with Gasteiger partial charge >= 0.3 is 0 Å². The molecule has 1 rings (SSSR count). The van der Waals surface area contributed by atoms with Crippen molar-refractivity contribution in [1.29, 1.82) is 0 Å². The van der Waals surface area contributed by atoms with E-state index >= 15 is 0 Å². The van der Waals surface area contributed by atoms with Crippen molar-refractivity contribution in [1.82, 2.24) is 5.32 Å². The molecule has 1 unspecified atom stereocenters. The maximum absolute atomic E-state index is 5.96. The summed E-state index contributed by atoms with van der Waals surface area (Å²) < 4.78 is 5.96. The van der Waals surface area contributed by atoms with Crippen molar-refractivity contribution in [3.8, 4) is 5.75 Å². The van der Waals surface area contributed by atoms with Crippen LogP contribution in [-0.4, -0.2) is 25.2 Å². The molecule has 1 atom stereocenters. The Morgan fingerprint density at radius 3 is 2.75 bits per heavy atom. The summed E-state index contributed by atoms with van der Waals surface area (Å²) in [7, 11) is 0. The van der Waals surface area contributed by atoms with Gasteiger partial charge in [-0.15, -0.1) is 0 Å². The number of aryl methyl sites for hydroxylation is 1. The van der Waals surface area contributed by atoms with Crippen LogP contribution in [0.4, 0.5) is 0 Å². The van der Waals surface area contributed by atoms with Crippen LogP contribution in [0.2, 0.25) is 0 Å². The molecule has 0 radical (unpaired) electrons. The van der Waals surface area contributed by atoms with E-state index in [1.54, 1.807) is 0 Å². The molecule has 0 saturated heterocycles. The van der Waals surface area contributed by atoms with Gasteiger partial charge in [-0.1, -0.05) is 37.3 Å². The lowest BCUT2D eigenvalue weighted by Crippen LogP contribution is -2.34. The van der Waals surface area contributed by atoms with Crippen LogP contribution in [0.25, 0.3) is 0 Å². The van der Waals surface area contributed by atoms with Crippen molar-refractivity contribution >= 4 is 5.96 Å². The summed E-state index contributed by atoms with van der Waals surface area (Å²) in [4.78, 5) is 4.31. The van der Waals surface area contributed by atoms with Crippen LogP contribution in [0.1, 0.15) is 25.8 Å². The van der Waals surface area contributed by atoms with Crippen molar-refractivity contribution in [2.24, 2.45) is 10.7 Å². The predicted octanol–water partition coefficient (Wildman–Crippen LogP) is 2.63. The summed E-state index contributed by atoms with van der Waals surface area (Å²) in [5, 5.41) is 3.01. The predicted molar refractivity (Wildman–Crippen MR) is 85.2 cm³/mol. The molecule has 0 aliphatic carbocycles. The molecule has 20 heavy (non-hydrogen) atoms. The fraction of sp³-hybridized carbons (Fsp3) is 0.438. The first-order chi connectivity index (χ1) is 9.52. The first-order valence-electron chi connectivity index (χ1n) is 6.93. The highest BCUT2D eigenvalue weighted by Gasteiger charge is 2.09. The quantitative estimate of drug-likeness (QED) is 0.457. The van der Waals surface area contributed by atoms with E-state index in [0.29, 0.717) is 19.0 Å². The van der Waals surface area contributed by atoms with Gasteiger partial charge in [0.15, 0.2) is 5.96 Å². The Morgan fingerprint density at radius 2 is 2.15 bits per heavy atom. The van der Waals surface area contributed by atoms with Crippen molar-refractivity contribution < 1.29 is 4.74 Å². The normalized spacial score (nSPS) is 12.8. The molecule has 3 N–H and O–H groups in total. The van der Waals surface area contributed by atoms with Crippen LogP contribution >= 0.6 is 0 Å². The summed E-state index contributed by atoms with van der Waals surface area (Å²) in [6, 6.07) is 7.99. The van der Waals surface area contributed by atoms with Gasteiger partial charge in [-0.3, -0.25) is 0 Å². The maximum atomic E-state index is 5.96. The Balaban J connectivity index is 2.53. The van der Waals surface area contributed by atoms with E-state index in [-0.39, 0.29) is 6.10 Å². The van der Waals surface area contributed by atoms with E-state index < -0.39 is 0 Å². The summed E-state index contributed by atoms with van der Waals surface area (Å²) in [6.07, 6.45) is 0.910. The Morgan fingerprint density at radius 1 is 1.45 bits per heavy atom. The van der Waals surface area contributed by atoms with E-state index in [0.717, 1.165) is 23.3 Å². The molecule has 0 spiro atoms. The zero-order valence-corrected chi connectivity index (χ0v) is 12.6. The standard InChI is InChI=1S/C16H25N3O/c1-5-14(11-19-16(17)18-10-12(2)3)20-15-9-7-6-8-13(15)4/h6-9,14H,2,5,10-11H2,1,3-4H3,(H3,17,18,19). The molecule has 1 aromatic carbocycles. The number of nitrogens with one attached hydrogen (secondary N) is 1. The molecular formula is C16H25N3O. The van der Waals surface area contributed by atoms with Gasteiger partial charge in [0, 0.05) is 6.54 Å². The highest BCUT2D eigenvalue weighted by molar-refractivity contribution is 5.78. The third kappa shape index (κ3) is 5.78. The Bertz CT molecular complexity index is 469. The molecule has 1 aromatic rings. The van der Waals surface area contributed by atoms with Crippen molar-refractivity contribution in [3.05, 3.63) is 42.0 Å². The fourth-order valence-corrected chi connectivity index (χ4v) is 1.62. The molecule has 0 aromatic heterocycles. The van der Waals surface area contributed by atoms with Crippen molar-refractivity contribution in [3.63, 3.8) is 0 Å². The first-order valence-corrected chi connectivity index (χ1v) is 6.93. The van der Waals surface area contributed by atoms with E-state index in [9.17, 15) is 0 Å². The van der Waals surface area contributed by atoms with E-state index in [4.69, 9.17) is 10.5 Å². The SMILES string of the molecule is C=C(C)CNC(N)=NCC(CC)Oc1ccccc1C. The van der Waals surface area contributed by atoms with Gasteiger partial charge in [0.1, 0.15) is 11.9 Å². The van der Waals surface area contributed by atoms with Crippen LogP contribution in [0.3, 0.4) is 0 Å². The van der Waals surface area contributed by atoms with Gasteiger partial charge in [0.2, 0.25) is 0 Å². The topological polar surface area (TPSA) is 59.6 Å². The number of nitrogens with two attached hydrogens (primary N) is 1. The molecule has 110 valence electrons. The highest BCUT2D eigenvalue weighted by atomic mass is 16.5. The van der Waals surface area contributed by atoms with Gasteiger partial charge in [-0.25, -0.2) is 4.99 Å². The highest BCUT2D eigenvalue weighted by Crippen LogP contribution is 2.18. The number of guanidine groups is 1. The number of ether oxygens (including phenoxy) is 1. The van der Waals surface area contributed by atoms with E-state index in [2.05, 4.69) is 23.8 Å². The van der Waals surface area contributed by atoms with Gasteiger partial charge in [-0.05, 0) is 31.9 Å². The Kier molecular flexibility index (Phi) is 6.64. The van der Waals surface area contributed by atoms with Crippen molar-refractivity contribution in [2.75, 3.05) is 13.1 Å². The number of hydrogen-bond donors (Lipinski definition) is 2. The van der Waals surface area contributed by atoms with Gasteiger partial charge in [-0.2, -0.15) is 0 Å². The lowest BCUT2D eigenvalue weighted by atomic mass is 10.2. The lowest BCUT2D eigenvalue weighted by molar-refractivity contribution is 0.204. The van der Waals surface area contributed by atoms with Gasteiger partial charge < -0.3 is 15.8 Å². The number of rotatable bonds is 7. The molecule has 0 fully saturated rings. The second kappa shape index (κ2) is 8.25. The van der Waals surface area contributed by atoms with E-state index in [1.807, 2.05) is 38.1 Å². The zero-order valence-electron chi connectivity index (χ0n) is 12.6. The average Bonchev–Trinajstić information content (AvgIpc) is 2.43. The molecule has 4 heteroatoms. The molecule has 0 heterocycles. The Labute approximate surface area is 121 Å². The zero-order chi connectivity index (χ0) is 15.0. The number of benzene rings is 1. The molecule has 0 aliphatic rings. The number of aliphatic imine (C=N–C) groups is 1. The van der Waals surface area contributed by atoms with E-state index in [1.165, 1.54) is 0 Å². The summed E-state index contributed by atoms with van der Waals surface area (Å²) in [5.74, 6) is 1.34. The molecule has 4 nitrogen and oxygen atoms in total. The summed E-state index contributed by atoms with van der Waals surface area (Å²) in [6.45, 7) is 11.0. The minimum atomic E-state index is 0.0290. The molecule has 0 aliphatic heterocycles. The fourth-order valence-electron chi connectivity index (χ4n) is 1.62. The van der Waals surface area contributed by atoms with Gasteiger partial charge in [0.25, 0.3) is 0 Å². The molecule has 0 amide bonds. The third-order valence-corrected chi connectivity index (χ3v) is 2.88. The van der Waals surface area contributed by atoms with Crippen LogP contribution in [0.5, 0.6) is 5.75 Å². The summed E-state index contributed by atoms with van der Waals surface area (Å²) >= 11 is 0. The van der Waals surface area contributed by atoms with Crippen LogP contribution in [0.15, 0.2) is 41.4 Å². The molecular weight excluding hydrogens is 250 g/mol. The van der Waals surface area contributed by atoms with Crippen molar-refractivity contribution in [2.45, 2.75) is 33.3 Å². The van der Waals surface area contributed by atoms with Gasteiger partial charge in [0.05, 0.1) is 6.54 Å². The molecule has 0 bridgehead atoms. The first kappa shape index (κ1) is 16.1. The lowest BCUT2D eigenvalue weighted by Gasteiger charge is -2.17. The van der Waals surface area contributed by atoms with Crippen LogP contribution in [-0.2, 0) is 0 Å². The minimum absolute atomic E-state index is 0.0290. The number of hydrogen-bond acceptors (Lipinski definition) is 2. The van der Waals surface area contributed by atoms with Crippen LogP contribution < -0.4 is 15.8 Å². The largest absolute Gasteiger partial charge is 0.488 e. The Hall–Kier alpha value is -1.97. The summed E-state index contributed by atoms with van der Waals surface area (Å²) in [5.41, 5.74) is 7.94. The maximum Gasteiger partial charge on any atom is 0.188 e. The monoisotopic (exact) mass is 275 g/mol. The smallest absolute Gasteiger partial charge is 0.188 e.